The number of nitriles is 1. The van der Waals surface area contributed by atoms with Gasteiger partial charge >= 0.3 is 0 Å². The molecule has 0 amide bonds. The molecule has 0 aliphatic rings. The van der Waals surface area contributed by atoms with Crippen LogP contribution in [0.4, 0.5) is 5.69 Å². The van der Waals surface area contributed by atoms with E-state index in [-0.39, 0.29) is 11.7 Å². The lowest BCUT2D eigenvalue weighted by atomic mass is 10.0. The predicted molar refractivity (Wildman–Crippen MR) is 112 cm³/mol. The number of carbonyl (C=O) groups is 1. The van der Waals surface area contributed by atoms with E-state index in [1.807, 2.05) is 17.0 Å². The molecule has 0 saturated heterocycles. The number of aliphatic imine (C=N–C) groups is 1. The monoisotopic (exact) mass is 397 g/mol. The van der Waals surface area contributed by atoms with E-state index in [0.717, 1.165) is 37.8 Å². The van der Waals surface area contributed by atoms with Gasteiger partial charge in [0.1, 0.15) is 0 Å². The Morgan fingerprint density at radius 2 is 1.71 bits per heavy atom. The van der Waals surface area contributed by atoms with Gasteiger partial charge in [-0.1, -0.05) is 30.9 Å². The van der Waals surface area contributed by atoms with E-state index in [0.29, 0.717) is 23.6 Å². The summed E-state index contributed by atoms with van der Waals surface area (Å²) >= 11 is 5.84. The molecule has 2 rings (SSSR count). The number of rotatable bonds is 10. The number of halogens is 1. The number of benzene rings is 1. The van der Waals surface area contributed by atoms with Gasteiger partial charge in [-0.15, -0.1) is 4.99 Å². The molecule has 0 unspecified atom stereocenters. The number of aromatic nitrogens is 1. The standard InChI is InChI=1S/C21H24ClN5O/c22-18-9-7-17(8-10-18)20(28)6-4-2-1-3-5-15-27(21(24)26-16-23)19-11-13-25-14-12-19/h7-14H,1-6,15H2,(H2,24,26). The van der Waals surface area contributed by atoms with Gasteiger partial charge in [0, 0.05) is 41.6 Å². The molecule has 7 heteroatoms. The van der Waals surface area contributed by atoms with Gasteiger partial charge in [0.25, 0.3) is 0 Å². The highest BCUT2D eigenvalue weighted by molar-refractivity contribution is 6.30. The molecule has 0 saturated carbocycles. The van der Waals surface area contributed by atoms with Crippen LogP contribution in [-0.4, -0.2) is 23.3 Å². The van der Waals surface area contributed by atoms with E-state index in [4.69, 9.17) is 22.6 Å². The number of hydrogen-bond donors (Lipinski definition) is 1. The molecular weight excluding hydrogens is 374 g/mol. The number of guanidine groups is 1. The van der Waals surface area contributed by atoms with Crippen LogP contribution in [0.2, 0.25) is 5.02 Å². The summed E-state index contributed by atoms with van der Waals surface area (Å²) in [7, 11) is 0. The second kappa shape index (κ2) is 11.7. The average molecular weight is 398 g/mol. The highest BCUT2D eigenvalue weighted by Gasteiger charge is 2.10. The number of ketones is 1. The molecule has 146 valence electrons. The summed E-state index contributed by atoms with van der Waals surface area (Å²) in [4.78, 5) is 21.6. The number of nitrogens with zero attached hydrogens (tertiary/aromatic N) is 4. The number of unbranched alkanes of at least 4 members (excludes halogenated alkanes) is 4. The molecule has 0 spiro atoms. The third kappa shape index (κ3) is 7.01. The molecule has 0 bridgehead atoms. The Morgan fingerprint density at radius 1 is 1.07 bits per heavy atom. The lowest BCUT2D eigenvalue weighted by Crippen LogP contribution is -2.38. The molecule has 2 aromatic rings. The van der Waals surface area contributed by atoms with Crippen LogP contribution < -0.4 is 10.6 Å². The molecule has 2 N–H and O–H groups in total. The van der Waals surface area contributed by atoms with E-state index < -0.39 is 0 Å². The number of carbonyl (C=O) groups excluding carboxylic acids is 1. The van der Waals surface area contributed by atoms with Crippen molar-refractivity contribution >= 4 is 29.0 Å². The van der Waals surface area contributed by atoms with Crippen LogP contribution in [0.25, 0.3) is 0 Å². The van der Waals surface area contributed by atoms with Crippen molar-refractivity contribution < 1.29 is 4.79 Å². The lowest BCUT2D eigenvalue weighted by Gasteiger charge is -2.22. The molecule has 0 aliphatic carbocycles. The van der Waals surface area contributed by atoms with E-state index in [1.165, 1.54) is 0 Å². The van der Waals surface area contributed by atoms with Gasteiger partial charge in [0.15, 0.2) is 5.78 Å². The third-order valence-electron chi connectivity index (χ3n) is 4.37. The number of nitrogens with two attached hydrogens (primary N) is 1. The number of anilines is 1. The Morgan fingerprint density at radius 3 is 2.39 bits per heavy atom. The summed E-state index contributed by atoms with van der Waals surface area (Å²) < 4.78 is 0. The first-order chi connectivity index (χ1) is 13.6. The van der Waals surface area contributed by atoms with Gasteiger partial charge < -0.3 is 10.6 Å². The summed E-state index contributed by atoms with van der Waals surface area (Å²) in [6.07, 6.45) is 10.5. The Hall–Kier alpha value is -2.91. The zero-order valence-electron chi connectivity index (χ0n) is 15.7. The molecular formula is C21H24ClN5O. The minimum Gasteiger partial charge on any atom is -0.369 e. The lowest BCUT2D eigenvalue weighted by molar-refractivity contribution is 0.0979. The molecule has 1 aromatic heterocycles. The first-order valence-electron chi connectivity index (χ1n) is 9.30. The minimum absolute atomic E-state index is 0.154. The second-order valence-corrected chi connectivity index (χ2v) is 6.81. The van der Waals surface area contributed by atoms with Crippen LogP contribution in [0.1, 0.15) is 48.9 Å². The van der Waals surface area contributed by atoms with Crippen molar-refractivity contribution in [1.29, 1.82) is 5.26 Å². The molecule has 0 aliphatic heterocycles. The van der Waals surface area contributed by atoms with E-state index in [1.54, 1.807) is 42.9 Å². The van der Waals surface area contributed by atoms with Crippen LogP contribution in [0.3, 0.4) is 0 Å². The van der Waals surface area contributed by atoms with Crippen molar-refractivity contribution in [3.8, 4) is 6.19 Å². The van der Waals surface area contributed by atoms with Crippen molar-refractivity contribution in [3.63, 3.8) is 0 Å². The average Bonchev–Trinajstić information content (AvgIpc) is 2.71. The normalized spacial score (nSPS) is 11.1. The summed E-state index contributed by atoms with van der Waals surface area (Å²) in [5, 5.41) is 9.39. The topological polar surface area (TPSA) is 95.4 Å². The zero-order chi connectivity index (χ0) is 20.2. The van der Waals surface area contributed by atoms with Crippen LogP contribution in [0.15, 0.2) is 53.8 Å². The SMILES string of the molecule is N#CN=C(N)N(CCCCCCCC(=O)c1ccc(Cl)cc1)c1ccncc1. The van der Waals surface area contributed by atoms with Crippen molar-refractivity contribution in [2.75, 3.05) is 11.4 Å². The minimum atomic E-state index is 0.154. The van der Waals surface area contributed by atoms with E-state index >= 15 is 0 Å². The van der Waals surface area contributed by atoms with Crippen LogP contribution in [0, 0.1) is 11.5 Å². The Bertz CT molecular complexity index is 815. The van der Waals surface area contributed by atoms with Crippen LogP contribution in [-0.2, 0) is 0 Å². The van der Waals surface area contributed by atoms with Gasteiger partial charge in [-0.3, -0.25) is 9.78 Å². The fourth-order valence-corrected chi connectivity index (χ4v) is 3.00. The molecule has 1 heterocycles. The highest BCUT2D eigenvalue weighted by atomic mass is 35.5. The second-order valence-electron chi connectivity index (χ2n) is 6.37. The van der Waals surface area contributed by atoms with Crippen molar-refractivity contribution in [2.45, 2.75) is 38.5 Å². The molecule has 0 fully saturated rings. The quantitative estimate of drug-likeness (QED) is 0.208. The molecule has 1 aromatic carbocycles. The van der Waals surface area contributed by atoms with Crippen LogP contribution >= 0.6 is 11.6 Å². The fraction of sp³-hybridized carbons (Fsp3) is 0.333. The van der Waals surface area contributed by atoms with Gasteiger partial charge in [0.05, 0.1) is 0 Å². The summed E-state index contributed by atoms with van der Waals surface area (Å²) in [5.41, 5.74) is 7.48. The fourth-order valence-electron chi connectivity index (χ4n) is 2.88. The summed E-state index contributed by atoms with van der Waals surface area (Å²) in [6, 6.07) is 10.7. The van der Waals surface area contributed by atoms with Gasteiger partial charge in [-0.2, -0.15) is 5.26 Å². The maximum absolute atomic E-state index is 12.1. The Labute approximate surface area is 170 Å². The van der Waals surface area contributed by atoms with Crippen molar-refractivity contribution in [3.05, 3.63) is 59.4 Å². The van der Waals surface area contributed by atoms with E-state index in [2.05, 4.69) is 9.98 Å². The van der Waals surface area contributed by atoms with Gasteiger partial charge in [0.2, 0.25) is 12.2 Å². The summed E-state index contributed by atoms with van der Waals surface area (Å²) in [6.45, 7) is 0.671. The third-order valence-corrected chi connectivity index (χ3v) is 4.62. The van der Waals surface area contributed by atoms with Crippen LogP contribution in [0.5, 0.6) is 0 Å². The Kier molecular flexibility index (Phi) is 8.96. The Balaban J connectivity index is 1.69. The zero-order valence-corrected chi connectivity index (χ0v) is 16.5. The van der Waals surface area contributed by atoms with Gasteiger partial charge in [-0.05, 0) is 49.2 Å². The number of hydrogen-bond acceptors (Lipinski definition) is 4. The smallest absolute Gasteiger partial charge is 0.211 e. The highest BCUT2D eigenvalue weighted by Crippen LogP contribution is 2.16. The van der Waals surface area contributed by atoms with Crippen molar-refractivity contribution in [2.24, 2.45) is 10.7 Å². The largest absolute Gasteiger partial charge is 0.369 e. The summed E-state index contributed by atoms with van der Waals surface area (Å²) in [5.74, 6) is 0.336. The first-order valence-corrected chi connectivity index (χ1v) is 9.68. The predicted octanol–water partition coefficient (Wildman–Crippen LogP) is 4.56. The molecule has 6 nitrogen and oxygen atoms in total. The number of Topliss-reactive ketones (excluding diaryl/α,β-unsaturated/α-hetero) is 1. The number of pyridine rings is 1. The van der Waals surface area contributed by atoms with Gasteiger partial charge in [-0.25, -0.2) is 0 Å². The van der Waals surface area contributed by atoms with E-state index in [9.17, 15) is 4.79 Å². The first kappa shape index (κ1) is 21.4. The molecule has 0 atom stereocenters. The van der Waals surface area contributed by atoms with Crippen molar-refractivity contribution in [1.82, 2.24) is 4.98 Å². The molecule has 0 radical (unpaired) electrons. The maximum Gasteiger partial charge on any atom is 0.211 e. The maximum atomic E-state index is 12.1. The molecule has 28 heavy (non-hydrogen) atoms.